The molecule has 0 fully saturated rings. The molecule has 0 bridgehead atoms. The van der Waals surface area contributed by atoms with Crippen LogP contribution in [0.25, 0.3) is 11.4 Å². The minimum absolute atomic E-state index is 0.625. The zero-order chi connectivity index (χ0) is 16.9. The maximum atomic E-state index is 9.71. The number of thioether (sulfide) groups is 1. The Hall–Kier alpha value is -1.66. The molecule has 0 aliphatic carbocycles. The fraction of sp³-hybridized carbons (Fsp3) is 0.471. The van der Waals surface area contributed by atoms with Crippen LogP contribution in [0.1, 0.15) is 25.1 Å². The zero-order valence-electron chi connectivity index (χ0n) is 14.1. The van der Waals surface area contributed by atoms with E-state index in [1.807, 2.05) is 39.8 Å². The monoisotopic (exact) mass is 332 g/mol. The summed E-state index contributed by atoms with van der Waals surface area (Å²) in [5.74, 6) is 3.18. The number of aromatic nitrogens is 3. The number of pyridine rings is 1. The first-order valence-electron chi connectivity index (χ1n) is 7.66. The summed E-state index contributed by atoms with van der Waals surface area (Å²) in [6.07, 6.45) is 3.51. The topological polar surface area (TPSA) is 70.9 Å². The molecule has 2 rings (SSSR count). The second kappa shape index (κ2) is 7.75. The molecule has 2 N–H and O–H groups in total. The fourth-order valence-corrected chi connectivity index (χ4v) is 2.88. The van der Waals surface area contributed by atoms with Gasteiger partial charge in [0.1, 0.15) is 5.82 Å². The Morgan fingerprint density at radius 2 is 2.04 bits per heavy atom. The molecule has 2 heterocycles. The maximum absolute atomic E-state index is 9.71. The van der Waals surface area contributed by atoms with Crippen LogP contribution in [-0.4, -0.2) is 43.7 Å². The fourth-order valence-electron chi connectivity index (χ4n) is 1.99. The molecule has 124 valence electrons. The van der Waals surface area contributed by atoms with E-state index in [1.165, 1.54) is 0 Å². The van der Waals surface area contributed by atoms with Crippen molar-refractivity contribution in [2.45, 2.75) is 33.3 Å². The lowest BCUT2D eigenvalue weighted by Gasteiger charge is -2.16. The molecule has 0 aromatic carbocycles. The Morgan fingerprint density at radius 3 is 2.70 bits per heavy atom. The zero-order valence-corrected chi connectivity index (χ0v) is 14.9. The van der Waals surface area contributed by atoms with Gasteiger partial charge < -0.3 is 10.4 Å². The number of hydrogen-bond acceptors (Lipinski definition) is 6. The van der Waals surface area contributed by atoms with Gasteiger partial charge >= 0.3 is 0 Å². The van der Waals surface area contributed by atoms with Crippen molar-refractivity contribution in [1.29, 1.82) is 0 Å². The Morgan fingerprint density at radius 1 is 1.26 bits per heavy atom. The van der Waals surface area contributed by atoms with E-state index in [1.54, 1.807) is 24.2 Å². The predicted molar refractivity (Wildman–Crippen MR) is 96.8 cm³/mol. The van der Waals surface area contributed by atoms with E-state index in [-0.39, 0.29) is 0 Å². The third-order valence-electron chi connectivity index (χ3n) is 3.30. The summed E-state index contributed by atoms with van der Waals surface area (Å²) in [6.45, 7) is 8.46. The van der Waals surface area contributed by atoms with Crippen LogP contribution in [0.4, 0.5) is 5.82 Å². The molecule has 5 nitrogen and oxygen atoms in total. The average Bonchev–Trinajstić information content (AvgIpc) is 2.50. The summed E-state index contributed by atoms with van der Waals surface area (Å²) in [5.41, 5.74) is 2.31. The van der Waals surface area contributed by atoms with Gasteiger partial charge in [0, 0.05) is 47.3 Å². The van der Waals surface area contributed by atoms with Gasteiger partial charge in [-0.3, -0.25) is 4.98 Å². The molecule has 0 spiro atoms. The lowest BCUT2D eigenvalue weighted by atomic mass is 10.2. The van der Waals surface area contributed by atoms with Crippen molar-refractivity contribution in [3.63, 3.8) is 0 Å². The molecule has 0 saturated heterocycles. The van der Waals surface area contributed by atoms with Gasteiger partial charge in [0.2, 0.25) is 0 Å². The van der Waals surface area contributed by atoms with Crippen molar-refractivity contribution in [1.82, 2.24) is 15.0 Å². The highest BCUT2D eigenvalue weighted by Gasteiger charge is 2.12. The second-order valence-corrected chi connectivity index (χ2v) is 7.24. The van der Waals surface area contributed by atoms with Crippen LogP contribution in [0, 0.1) is 13.8 Å². The largest absolute Gasteiger partial charge is 0.390 e. The van der Waals surface area contributed by atoms with E-state index in [0.29, 0.717) is 5.82 Å². The molecule has 0 saturated carbocycles. The number of hydrogen-bond donors (Lipinski definition) is 2. The summed E-state index contributed by atoms with van der Waals surface area (Å²) in [5, 5.41) is 13.1. The predicted octanol–water partition coefficient (Wildman–Crippen LogP) is 3.07. The van der Waals surface area contributed by atoms with Crippen LogP contribution in [0.3, 0.4) is 0 Å². The highest BCUT2D eigenvalue weighted by molar-refractivity contribution is 7.99. The number of anilines is 1. The minimum atomic E-state index is -0.625. The number of nitrogens with one attached hydrogen (secondary N) is 1. The van der Waals surface area contributed by atoms with Crippen molar-refractivity contribution in [3.05, 3.63) is 35.8 Å². The molecule has 0 atom stereocenters. The van der Waals surface area contributed by atoms with Crippen molar-refractivity contribution in [2.75, 3.05) is 23.4 Å². The molecule has 0 amide bonds. The number of aliphatic hydroxyl groups is 1. The first-order valence-corrected chi connectivity index (χ1v) is 8.82. The average molecular weight is 332 g/mol. The molecule has 2 aromatic rings. The Bertz CT molecular complexity index is 641. The number of aryl methyl sites for hydroxylation is 1. The first kappa shape index (κ1) is 17.7. The molecule has 23 heavy (non-hydrogen) atoms. The van der Waals surface area contributed by atoms with Gasteiger partial charge in [-0.05, 0) is 39.8 Å². The van der Waals surface area contributed by atoms with E-state index < -0.39 is 5.60 Å². The van der Waals surface area contributed by atoms with E-state index in [4.69, 9.17) is 0 Å². The normalized spacial score (nSPS) is 11.5. The van der Waals surface area contributed by atoms with Crippen LogP contribution in [-0.2, 0) is 0 Å². The Kier molecular flexibility index (Phi) is 5.96. The second-order valence-electron chi connectivity index (χ2n) is 6.14. The van der Waals surface area contributed by atoms with Crippen molar-refractivity contribution in [3.8, 4) is 11.4 Å². The van der Waals surface area contributed by atoms with Gasteiger partial charge in [0.15, 0.2) is 5.82 Å². The van der Waals surface area contributed by atoms with Gasteiger partial charge in [-0.15, -0.1) is 0 Å². The quantitative estimate of drug-likeness (QED) is 0.759. The van der Waals surface area contributed by atoms with Gasteiger partial charge in [-0.1, -0.05) is 0 Å². The highest BCUT2D eigenvalue weighted by Crippen LogP contribution is 2.21. The maximum Gasteiger partial charge on any atom is 0.163 e. The Labute approximate surface area is 142 Å². The summed E-state index contributed by atoms with van der Waals surface area (Å²) in [6, 6.07) is 3.84. The van der Waals surface area contributed by atoms with E-state index in [9.17, 15) is 5.11 Å². The lowest BCUT2D eigenvalue weighted by Crippen LogP contribution is -2.22. The molecule has 0 radical (unpaired) electrons. The minimum Gasteiger partial charge on any atom is -0.390 e. The van der Waals surface area contributed by atoms with Crippen molar-refractivity contribution in [2.24, 2.45) is 0 Å². The van der Waals surface area contributed by atoms with Crippen molar-refractivity contribution < 1.29 is 5.11 Å². The molecule has 2 aromatic heterocycles. The standard InChI is InChI=1S/C17H24N4OS/c1-12-13(2)20-16(14-6-5-7-18-10-14)21-15(12)19-8-9-23-11-17(3,4)22/h5-7,10,22H,8-9,11H2,1-4H3,(H,19,20,21). The number of rotatable bonds is 7. The smallest absolute Gasteiger partial charge is 0.163 e. The molecule has 6 heteroatoms. The SMILES string of the molecule is Cc1nc(-c2cccnc2)nc(NCCSCC(C)(C)O)c1C. The Balaban J connectivity index is 2.03. The highest BCUT2D eigenvalue weighted by atomic mass is 32.2. The third-order valence-corrected chi connectivity index (χ3v) is 4.71. The first-order chi connectivity index (χ1) is 10.9. The summed E-state index contributed by atoms with van der Waals surface area (Å²) < 4.78 is 0. The van der Waals surface area contributed by atoms with Crippen LogP contribution >= 0.6 is 11.8 Å². The molecular formula is C17H24N4OS. The molecule has 0 unspecified atom stereocenters. The van der Waals surface area contributed by atoms with Crippen LogP contribution < -0.4 is 5.32 Å². The lowest BCUT2D eigenvalue weighted by molar-refractivity contribution is 0.107. The van der Waals surface area contributed by atoms with Gasteiger partial charge in [0.25, 0.3) is 0 Å². The van der Waals surface area contributed by atoms with E-state index in [2.05, 4.69) is 20.3 Å². The van der Waals surface area contributed by atoms with E-state index >= 15 is 0 Å². The molecule has 0 aliphatic heterocycles. The summed E-state index contributed by atoms with van der Waals surface area (Å²) in [4.78, 5) is 13.3. The van der Waals surface area contributed by atoms with Crippen LogP contribution in [0.5, 0.6) is 0 Å². The summed E-state index contributed by atoms with van der Waals surface area (Å²) >= 11 is 1.72. The van der Waals surface area contributed by atoms with E-state index in [0.717, 1.165) is 40.7 Å². The summed E-state index contributed by atoms with van der Waals surface area (Å²) in [7, 11) is 0. The molecule has 0 aliphatic rings. The van der Waals surface area contributed by atoms with Crippen molar-refractivity contribution >= 4 is 17.6 Å². The van der Waals surface area contributed by atoms with Gasteiger partial charge in [-0.25, -0.2) is 9.97 Å². The number of nitrogens with zero attached hydrogens (tertiary/aromatic N) is 3. The van der Waals surface area contributed by atoms with Crippen LogP contribution in [0.2, 0.25) is 0 Å². The van der Waals surface area contributed by atoms with Crippen LogP contribution in [0.15, 0.2) is 24.5 Å². The third kappa shape index (κ3) is 5.48. The molecular weight excluding hydrogens is 308 g/mol. The van der Waals surface area contributed by atoms with Gasteiger partial charge in [-0.2, -0.15) is 11.8 Å². The van der Waals surface area contributed by atoms with Gasteiger partial charge in [0.05, 0.1) is 5.60 Å².